The molecule has 1 fully saturated rings. The molecule has 0 bridgehead atoms. The van der Waals surface area contributed by atoms with E-state index in [1.165, 1.54) is 4.31 Å². The molecule has 0 saturated carbocycles. The Hall–Kier alpha value is -3.68. The molecular weight excluding hydrogens is 544 g/mol. The van der Waals surface area contributed by atoms with Crippen molar-refractivity contribution in [2.45, 2.75) is 51.6 Å². The Bertz CT molecular complexity index is 1600. The number of aromatic nitrogens is 4. The summed E-state index contributed by atoms with van der Waals surface area (Å²) in [5, 5.41) is 6.45. The monoisotopic (exact) mass is 582 g/mol. The summed E-state index contributed by atoms with van der Waals surface area (Å²) in [6, 6.07) is 4.79. The maximum absolute atomic E-state index is 13.6. The second-order valence-electron chi connectivity index (χ2n) is 10.1. The van der Waals surface area contributed by atoms with Crippen LogP contribution in [0.25, 0.3) is 22.4 Å². The molecule has 2 aliphatic heterocycles. The lowest BCUT2D eigenvalue weighted by molar-refractivity contribution is 0.196. The van der Waals surface area contributed by atoms with Gasteiger partial charge in [-0.1, -0.05) is 27.2 Å². The van der Waals surface area contributed by atoms with E-state index in [1.807, 2.05) is 36.5 Å². The van der Waals surface area contributed by atoms with Gasteiger partial charge in [0.25, 0.3) is 5.56 Å². The third-order valence-electron chi connectivity index (χ3n) is 7.27. The van der Waals surface area contributed by atoms with Crippen LogP contribution < -0.4 is 15.7 Å². The minimum absolute atomic E-state index is 0.143. The summed E-state index contributed by atoms with van der Waals surface area (Å²) in [5.41, 5.74) is 4.72. The van der Waals surface area contributed by atoms with Crippen molar-refractivity contribution in [3.8, 4) is 17.1 Å². The summed E-state index contributed by atoms with van der Waals surface area (Å²) < 4.78 is 36.6. The minimum Gasteiger partial charge on any atom is -0.493 e. The van der Waals surface area contributed by atoms with Crippen LogP contribution in [0.1, 0.15) is 39.3 Å². The summed E-state index contributed by atoms with van der Waals surface area (Å²) >= 11 is 0. The van der Waals surface area contributed by atoms with E-state index < -0.39 is 15.6 Å². The van der Waals surface area contributed by atoms with Gasteiger partial charge in [-0.25, -0.2) is 18.1 Å². The first-order chi connectivity index (χ1) is 19.8. The van der Waals surface area contributed by atoms with Crippen LogP contribution in [-0.4, -0.2) is 81.7 Å². The predicted molar refractivity (Wildman–Crippen MR) is 157 cm³/mol. The number of allylic oxidation sites excluding steroid dienone is 2. The van der Waals surface area contributed by atoms with Gasteiger partial charge in [0.05, 0.1) is 22.8 Å². The van der Waals surface area contributed by atoms with E-state index in [0.29, 0.717) is 62.7 Å². The van der Waals surface area contributed by atoms with Crippen molar-refractivity contribution in [2.75, 3.05) is 39.3 Å². The molecule has 0 unspecified atom stereocenters. The molecule has 41 heavy (non-hydrogen) atoms. The number of H-pyrrole nitrogens is 1. The maximum atomic E-state index is 13.6. The lowest BCUT2D eigenvalue weighted by Crippen LogP contribution is -2.48. The van der Waals surface area contributed by atoms with Crippen LogP contribution in [0.15, 0.2) is 52.4 Å². The highest BCUT2D eigenvalue weighted by Crippen LogP contribution is 2.32. The summed E-state index contributed by atoms with van der Waals surface area (Å²) in [6.07, 6.45) is 9.76. The highest BCUT2D eigenvalue weighted by Gasteiger charge is 2.29. The molecule has 4 heterocycles. The fourth-order valence-corrected chi connectivity index (χ4v) is 6.49. The van der Waals surface area contributed by atoms with E-state index in [0.717, 1.165) is 25.1 Å². The lowest BCUT2D eigenvalue weighted by atomic mass is 10.1. The van der Waals surface area contributed by atoms with E-state index in [-0.39, 0.29) is 16.2 Å². The molecule has 0 aliphatic carbocycles. The highest BCUT2D eigenvalue weighted by atomic mass is 32.2. The molecule has 2 N–H and O–H groups in total. The second-order valence-corrected chi connectivity index (χ2v) is 12.0. The average molecular weight is 583 g/mol. The molecule has 0 amide bonds. The van der Waals surface area contributed by atoms with Crippen molar-refractivity contribution < 1.29 is 13.2 Å². The fourth-order valence-electron chi connectivity index (χ4n) is 5.04. The largest absolute Gasteiger partial charge is 0.493 e. The van der Waals surface area contributed by atoms with Crippen molar-refractivity contribution >= 4 is 21.1 Å². The number of aryl methyl sites for hydroxylation is 1. The molecular formula is C28H38N8O4S. The quantitative estimate of drug-likeness (QED) is 0.351. The van der Waals surface area contributed by atoms with Crippen LogP contribution in [0.2, 0.25) is 0 Å². The molecule has 2 aromatic heterocycles. The standard InChI is InChI=1S/C28H38N8O4S/c1-4-9-23-25-26(32-36(23)20-34-13-8-7-12-29-34)28(37)31-27(30-25)22-19-21(10-11-24(22)40-18-5-2)41(38,39)35-16-14-33(6-3)15-17-35/h7-8,10-13,19,29H,4-6,9,14-18,20H2,1-3H3,(H,30,31,37). The van der Waals surface area contributed by atoms with Crippen molar-refractivity contribution in [3.05, 3.63) is 58.8 Å². The summed E-state index contributed by atoms with van der Waals surface area (Å²) in [6.45, 7) is 10.1. The van der Waals surface area contributed by atoms with E-state index >= 15 is 0 Å². The van der Waals surface area contributed by atoms with E-state index in [4.69, 9.17) is 9.72 Å². The molecule has 3 aromatic rings. The molecule has 1 aromatic carbocycles. The number of ether oxygens (including phenoxy) is 1. The van der Waals surface area contributed by atoms with Gasteiger partial charge < -0.3 is 20.0 Å². The molecule has 0 spiro atoms. The maximum Gasteiger partial charge on any atom is 0.279 e. The van der Waals surface area contributed by atoms with Crippen LogP contribution in [-0.2, 0) is 23.1 Å². The van der Waals surface area contributed by atoms with Gasteiger partial charge in [-0.3, -0.25) is 9.80 Å². The zero-order valence-corrected chi connectivity index (χ0v) is 24.7. The number of hydrogen-bond donors (Lipinski definition) is 2. The van der Waals surface area contributed by atoms with E-state index in [9.17, 15) is 13.2 Å². The van der Waals surface area contributed by atoms with Gasteiger partial charge >= 0.3 is 0 Å². The molecule has 12 nitrogen and oxygen atoms in total. The Morgan fingerprint density at radius 2 is 1.83 bits per heavy atom. The lowest BCUT2D eigenvalue weighted by Gasteiger charge is -2.33. The normalized spacial score (nSPS) is 16.4. The van der Waals surface area contributed by atoms with Crippen LogP contribution in [0, 0.1) is 0 Å². The Labute approximate surface area is 240 Å². The zero-order valence-electron chi connectivity index (χ0n) is 23.8. The number of fused-ring (bicyclic) bond motifs is 1. The molecule has 13 heteroatoms. The summed E-state index contributed by atoms with van der Waals surface area (Å²) in [4.78, 5) is 23.4. The summed E-state index contributed by atoms with van der Waals surface area (Å²) in [5.74, 6) is 0.709. The Balaban J connectivity index is 1.58. The molecule has 0 atom stereocenters. The summed E-state index contributed by atoms with van der Waals surface area (Å²) in [7, 11) is -3.75. The molecule has 5 rings (SSSR count). The van der Waals surface area contributed by atoms with Crippen molar-refractivity contribution in [3.63, 3.8) is 0 Å². The van der Waals surface area contributed by atoms with Gasteiger partial charge in [0.15, 0.2) is 5.52 Å². The first-order valence-electron chi connectivity index (χ1n) is 14.2. The van der Waals surface area contributed by atoms with Crippen molar-refractivity contribution in [1.82, 2.24) is 39.4 Å². The smallest absolute Gasteiger partial charge is 0.279 e. The Morgan fingerprint density at radius 1 is 1.02 bits per heavy atom. The van der Waals surface area contributed by atoms with Gasteiger partial charge in [-0.05, 0) is 49.7 Å². The van der Waals surface area contributed by atoms with E-state index in [2.05, 4.69) is 34.3 Å². The fraction of sp³-hybridized carbons (Fsp3) is 0.464. The Kier molecular flexibility index (Phi) is 8.76. The number of piperazine rings is 1. The van der Waals surface area contributed by atoms with Crippen molar-refractivity contribution in [2.24, 2.45) is 0 Å². The SMILES string of the molecule is CCCOc1ccc(S(=O)(=O)N2CCN(CC)CC2)cc1-c1nc2c(CCC)n(CN3C=CC=CN3)nc2c(=O)[nH]1. The topological polar surface area (TPSA) is 129 Å². The molecule has 220 valence electrons. The van der Waals surface area contributed by atoms with Crippen molar-refractivity contribution in [1.29, 1.82) is 0 Å². The van der Waals surface area contributed by atoms with Gasteiger partial charge in [0.1, 0.15) is 23.8 Å². The number of aromatic amines is 1. The van der Waals surface area contributed by atoms with Crippen LogP contribution in [0.5, 0.6) is 5.75 Å². The first kappa shape index (κ1) is 28.8. The Morgan fingerprint density at radius 3 is 2.51 bits per heavy atom. The van der Waals surface area contributed by atoms with E-state index in [1.54, 1.807) is 22.9 Å². The third kappa shape index (κ3) is 6.02. The molecule has 1 saturated heterocycles. The number of nitrogens with zero attached hydrogens (tertiary/aromatic N) is 6. The number of sulfonamides is 1. The number of likely N-dealkylation sites (N-methyl/N-ethyl adjacent to an activating group) is 1. The zero-order chi connectivity index (χ0) is 29.0. The van der Waals surface area contributed by atoms with Crippen LogP contribution >= 0.6 is 0 Å². The van der Waals surface area contributed by atoms with Gasteiger partial charge in [-0.2, -0.15) is 9.40 Å². The second kappa shape index (κ2) is 12.5. The number of hydrazine groups is 1. The molecule has 2 aliphatic rings. The van der Waals surface area contributed by atoms with Gasteiger partial charge in [0.2, 0.25) is 10.0 Å². The first-order valence-corrected chi connectivity index (χ1v) is 15.6. The minimum atomic E-state index is -3.75. The number of benzene rings is 1. The van der Waals surface area contributed by atoms with Crippen LogP contribution in [0.4, 0.5) is 0 Å². The molecule has 0 radical (unpaired) electrons. The number of rotatable bonds is 11. The predicted octanol–water partition coefficient (Wildman–Crippen LogP) is 2.66. The van der Waals surface area contributed by atoms with Gasteiger partial charge in [-0.15, -0.1) is 0 Å². The average Bonchev–Trinajstić information content (AvgIpc) is 3.33. The highest BCUT2D eigenvalue weighted by molar-refractivity contribution is 7.89. The van der Waals surface area contributed by atoms with Gasteiger partial charge in [0, 0.05) is 38.6 Å². The third-order valence-corrected chi connectivity index (χ3v) is 9.17. The number of hydrogen-bond acceptors (Lipinski definition) is 9. The number of nitrogens with one attached hydrogen (secondary N) is 2. The van der Waals surface area contributed by atoms with Crippen LogP contribution in [0.3, 0.4) is 0 Å².